The van der Waals surface area contributed by atoms with Crippen molar-refractivity contribution in [2.45, 2.75) is 367 Å². The SMILES string of the molecule is CCCCCCC/C=C\C/C=C\C/C=C\CCCCCCCCCCCCCCC(=O)OCC(COC(=O)CCCCCCCCCCCCCC)OC(=O)CCCCCCCCCCCCCCCCCCC. The van der Waals surface area contributed by atoms with E-state index in [1.54, 1.807) is 0 Å². The molecule has 0 aromatic rings. The Balaban J connectivity index is 4.21. The molecule has 0 aliphatic carbocycles. The third-order valence-corrected chi connectivity index (χ3v) is 14.9. The van der Waals surface area contributed by atoms with Crippen molar-refractivity contribution in [2.75, 3.05) is 13.2 Å². The van der Waals surface area contributed by atoms with Crippen molar-refractivity contribution in [2.24, 2.45) is 0 Å². The summed E-state index contributed by atoms with van der Waals surface area (Å²) in [5.74, 6) is -0.843. The Bertz CT molecular complexity index is 1240. The lowest BCUT2D eigenvalue weighted by molar-refractivity contribution is -0.167. The Hall–Kier alpha value is -2.37. The predicted octanol–water partition coefficient (Wildman–Crippen LogP) is 22.4. The zero-order valence-electron chi connectivity index (χ0n) is 49.9. The van der Waals surface area contributed by atoms with E-state index >= 15 is 0 Å². The van der Waals surface area contributed by atoms with Crippen LogP contribution < -0.4 is 0 Å². The normalized spacial score (nSPS) is 12.2. The molecule has 1 unspecified atom stereocenters. The van der Waals surface area contributed by atoms with Gasteiger partial charge in [-0.15, -0.1) is 0 Å². The van der Waals surface area contributed by atoms with E-state index in [9.17, 15) is 14.4 Å². The molecule has 434 valence electrons. The van der Waals surface area contributed by atoms with Gasteiger partial charge in [0.2, 0.25) is 0 Å². The summed E-state index contributed by atoms with van der Waals surface area (Å²) < 4.78 is 16.9. The van der Waals surface area contributed by atoms with Crippen LogP contribution in [0.4, 0.5) is 0 Å². The number of unbranched alkanes of at least 4 members (excludes halogenated alkanes) is 44. The van der Waals surface area contributed by atoms with E-state index in [0.29, 0.717) is 19.3 Å². The summed E-state index contributed by atoms with van der Waals surface area (Å²) in [4.78, 5) is 38.3. The van der Waals surface area contributed by atoms with Gasteiger partial charge in [-0.3, -0.25) is 14.4 Å². The monoisotopic (exact) mass is 1040 g/mol. The Morgan fingerprint density at radius 3 is 0.757 bits per heavy atom. The van der Waals surface area contributed by atoms with Crippen molar-refractivity contribution in [1.29, 1.82) is 0 Å². The lowest BCUT2D eigenvalue weighted by Crippen LogP contribution is -2.30. The van der Waals surface area contributed by atoms with Gasteiger partial charge >= 0.3 is 17.9 Å². The van der Waals surface area contributed by atoms with Crippen LogP contribution in [0.25, 0.3) is 0 Å². The second-order valence-electron chi connectivity index (χ2n) is 22.4. The van der Waals surface area contributed by atoms with Gasteiger partial charge in [0.1, 0.15) is 13.2 Å². The summed E-state index contributed by atoms with van der Waals surface area (Å²) >= 11 is 0. The van der Waals surface area contributed by atoms with E-state index in [1.165, 1.54) is 250 Å². The maximum atomic E-state index is 12.9. The number of allylic oxidation sites excluding steroid dienone is 6. The van der Waals surface area contributed by atoms with Crippen LogP contribution >= 0.6 is 0 Å². The second-order valence-corrected chi connectivity index (χ2v) is 22.4. The molecular formula is C68H126O6. The molecule has 0 spiro atoms. The minimum Gasteiger partial charge on any atom is -0.462 e. The number of carbonyl (C=O) groups excluding carboxylic acids is 3. The van der Waals surface area contributed by atoms with E-state index in [2.05, 4.69) is 57.2 Å². The fourth-order valence-corrected chi connectivity index (χ4v) is 9.92. The average molecular weight is 1040 g/mol. The molecule has 74 heavy (non-hydrogen) atoms. The molecule has 0 amide bonds. The van der Waals surface area contributed by atoms with Crippen LogP contribution in [0.1, 0.15) is 361 Å². The number of hydrogen-bond donors (Lipinski definition) is 0. The predicted molar refractivity (Wildman–Crippen MR) is 321 cm³/mol. The smallest absolute Gasteiger partial charge is 0.306 e. The van der Waals surface area contributed by atoms with Crippen molar-refractivity contribution in [1.82, 2.24) is 0 Å². The van der Waals surface area contributed by atoms with Gasteiger partial charge in [0.15, 0.2) is 6.10 Å². The van der Waals surface area contributed by atoms with Gasteiger partial charge in [-0.2, -0.15) is 0 Å². The molecule has 0 radical (unpaired) electrons. The maximum absolute atomic E-state index is 12.9. The number of carbonyl (C=O) groups is 3. The van der Waals surface area contributed by atoms with Gasteiger partial charge < -0.3 is 14.2 Å². The molecule has 6 heteroatoms. The lowest BCUT2D eigenvalue weighted by Gasteiger charge is -2.18. The van der Waals surface area contributed by atoms with Gasteiger partial charge in [-0.25, -0.2) is 0 Å². The molecule has 0 saturated carbocycles. The molecule has 0 fully saturated rings. The maximum Gasteiger partial charge on any atom is 0.306 e. The standard InChI is InChI=1S/C68H126O6/c1-4-7-10-13-16-19-22-25-27-29-30-31-32-33-34-35-36-37-38-40-41-43-46-49-52-55-58-61-67(70)73-64-65(63-72-66(69)60-57-54-51-48-45-24-21-18-15-12-9-6-3)74-68(71)62-59-56-53-50-47-44-42-39-28-26-23-20-17-14-11-8-5-2/h22,25,29-30,32-33,65H,4-21,23-24,26-28,31,34-64H2,1-3H3/b25-22-,30-29-,33-32-. The lowest BCUT2D eigenvalue weighted by atomic mass is 10.0. The van der Waals surface area contributed by atoms with Gasteiger partial charge in [0, 0.05) is 19.3 Å². The van der Waals surface area contributed by atoms with Crippen molar-refractivity contribution >= 4 is 17.9 Å². The van der Waals surface area contributed by atoms with Gasteiger partial charge in [-0.1, -0.05) is 320 Å². The summed E-state index contributed by atoms with van der Waals surface area (Å²) in [6.07, 6.45) is 77.3. The first-order chi connectivity index (χ1) is 36.5. The molecule has 0 aliphatic rings. The van der Waals surface area contributed by atoms with Gasteiger partial charge in [-0.05, 0) is 57.8 Å². The van der Waals surface area contributed by atoms with Crippen molar-refractivity contribution in [3.8, 4) is 0 Å². The number of esters is 3. The zero-order valence-corrected chi connectivity index (χ0v) is 49.9. The molecule has 0 aromatic carbocycles. The second kappa shape index (κ2) is 63.2. The van der Waals surface area contributed by atoms with Crippen LogP contribution in [0, 0.1) is 0 Å². The number of ether oxygens (including phenoxy) is 3. The molecule has 0 bridgehead atoms. The van der Waals surface area contributed by atoms with Gasteiger partial charge in [0.25, 0.3) is 0 Å². The highest BCUT2D eigenvalue weighted by atomic mass is 16.6. The summed E-state index contributed by atoms with van der Waals surface area (Å²) in [6, 6.07) is 0. The Labute approximate surface area is 461 Å². The Morgan fingerprint density at radius 1 is 0.270 bits per heavy atom. The van der Waals surface area contributed by atoms with E-state index in [1.807, 2.05) is 0 Å². The minimum atomic E-state index is -0.768. The van der Waals surface area contributed by atoms with Crippen LogP contribution in [0.5, 0.6) is 0 Å². The average Bonchev–Trinajstić information content (AvgIpc) is 3.40. The van der Waals surface area contributed by atoms with Crippen molar-refractivity contribution in [3.05, 3.63) is 36.5 Å². The quantitative estimate of drug-likeness (QED) is 0.0261. The highest BCUT2D eigenvalue weighted by Gasteiger charge is 2.19. The molecule has 0 N–H and O–H groups in total. The van der Waals surface area contributed by atoms with E-state index in [0.717, 1.165) is 70.6 Å². The van der Waals surface area contributed by atoms with Crippen LogP contribution in [-0.4, -0.2) is 37.2 Å². The first kappa shape index (κ1) is 71.6. The van der Waals surface area contributed by atoms with Crippen molar-refractivity contribution < 1.29 is 28.6 Å². The topological polar surface area (TPSA) is 78.9 Å². The molecule has 0 rings (SSSR count). The van der Waals surface area contributed by atoms with E-state index in [4.69, 9.17) is 14.2 Å². The minimum absolute atomic E-state index is 0.0664. The zero-order chi connectivity index (χ0) is 53.6. The molecule has 6 nitrogen and oxygen atoms in total. The summed E-state index contributed by atoms with van der Waals surface area (Å²) in [7, 11) is 0. The Morgan fingerprint density at radius 2 is 0.486 bits per heavy atom. The van der Waals surface area contributed by atoms with Crippen LogP contribution in [0.3, 0.4) is 0 Å². The van der Waals surface area contributed by atoms with Crippen molar-refractivity contribution in [3.63, 3.8) is 0 Å². The van der Waals surface area contributed by atoms with Crippen LogP contribution in [0.2, 0.25) is 0 Å². The van der Waals surface area contributed by atoms with Gasteiger partial charge in [0.05, 0.1) is 0 Å². The molecule has 0 saturated heterocycles. The van der Waals surface area contributed by atoms with Crippen LogP contribution in [-0.2, 0) is 28.6 Å². The van der Waals surface area contributed by atoms with E-state index < -0.39 is 6.10 Å². The first-order valence-corrected chi connectivity index (χ1v) is 33.0. The highest BCUT2D eigenvalue weighted by molar-refractivity contribution is 5.71. The third kappa shape index (κ3) is 60.5. The fraction of sp³-hybridized carbons (Fsp3) is 0.868. The van der Waals surface area contributed by atoms with E-state index in [-0.39, 0.29) is 31.1 Å². The third-order valence-electron chi connectivity index (χ3n) is 14.9. The largest absolute Gasteiger partial charge is 0.462 e. The summed E-state index contributed by atoms with van der Waals surface area (Å²) in [6.45, 7) is 6.69. The summed E-state index contributed by atoms with van der Waals surface area (Å²) in [5, 5.41) is 0. The fourth-order valence-electron chi connectivity index (χ4n) is 9.92. The number of hydrogen-bond acceptors (Lipinski definition) is 6. The van der Waals surface area contributed by atoms with Crippen LogP contribution in [0.15, 0.2) is 36.5 Å². The Kier molecular flexibility index (Phi) is 61.1. The number of rotatable bonds is 61. The molecule has 0 aromatic heterocycles. The molecule has 1 atom stereocenters. The molecule has 0 aliphatic heterocycles. The molecule has 0 heterocycles. The summed E-state index contributed by atoms with van der Waals surface area (Å²) in [5.41, 5.74) is 0. The first-order valence-electron chi connectivity index (χ1n) is 33.0. The molecular weight excluding hydrogens is 913 g/mol. The highest BCUT2D eigenvalue weighted by Crippen LogP contribution is 2.18.